The summed E-state index contributed by atoms with van der Waals surface area (Å²) in [6.45, 7) is 6.59. The number of benzene rings is 1. The molecule has 1 N–H and O–H groups in total. The molecule has 0 aliphatic heterocycles. The Morgan fingerprint density at radius 1 is 1.44 bits per heavy atom. The summed E-state index contributed by atoms with van der Waals surface area (Å²) < 4.78 is 5.37. The molecule has 3 nitrogen and oxygen atoms in total. The summed E-state index contributed by atoms with van der Waals surface area (Å²) in [6, 6.07) is 6.18. The molecule has 0 fully saturated rings. The number of nitrogens with zero attached hydrogens (tertiary/aromatic N) is 1. The minimum atomic E-state index is -0.148. The van der Waals surface area contributed by atoms with Crippen LogP contribution in [-0.4, -0.2) is 13.2 Å². The van der Waals surface area contributed by atoms with Crippen molar-refractivity contribution < 1.29 is 4.74 Å². The van der Waals surface area contributed by atoms with Crippen molar-refractivity contribution in [2.24, 2.45) is 0 Å². The van der Waals surface area contributed by atoms with Crippen LogP contribution in [0.3, 0.4) is 0 Å². The normalized spacial score (nSPS) is 11.9. The number of ether oxygens (including phenoxy) is 1. The molecular weight excluding hydrogens is 200 g/mol. The monoisotopic (exact) mass is 218 g/mol. The number of hydrogen-bond donors (Lipinski definition) is 1. The second-order valence-corrected chi connectivity index (χ2v) is 4.01. The second-order valence-electron chi connectivity index (χ2n) is 4.01. The van der Waals surface area contributed by atoms with Crippen LogP contribution in [0.25, 0.3) is 0 Å². The van der Waals surface area contributed by atoms with Crippen LogP contribution >= 0.6 is 0 Å². The molecule has 0 radical (unpaired) electrons. The third-order valence-corrected chi connectivity index (χ3v) is 2.49. The molecule has 1 atom stereocenters. The molecule has 1 unspecified atom stereocenters. The summed E-state index contributed by atoms with van der Waals surface area (Å²) >= 11 is 0. The van der Waals surface area contributed by atoms with E-state index in [1.54, 1.807) is 7.11 Å². The van der Waals surface area contributed by atoms with E-state index in [1.807, 2.05) is 13.8 Å². The molecule has 0 aliphatic rings. The van der Waals surface area contributed by atoms with E-state index < -0.39 is 0 Å². The lowest BCUT2D eigenvalue weighted by Gasteiger charge is -2.14. The van der Waals surface area contributed by atoms with E-state index in [1.165, 1.54) is 5.56 Å². The first-order valence-corrected chi connectivity index (χ1v) is 5.35. The lowest BCUT2D eigenvalue weighted by Crippen LogP contribution is -2.23. The predicted molar refractivity (Wildman–Crippen MR) is 64.4 cm³/mol. The molecule has 0 saturated heterocycles. The van der Waals surface area contributed by atoms with Crippen LogP contribution < -0.4 is 10.1 Å². The van der Waals surface area contributed by atoms with Crippen LogP contribution in [0, 0.1) is 25.2 Å². The Balaban J connectivity index is 2.90. The number of rotatable bonds is 4. The molecule has 16 heavy (non-hydrogen) atoms. The fourth-order valence-electron chi connectivity index (χ4n) is 1.77. The van der Waals surface area contributed by atoms with Crippen molar-refractivity contribution in [1.82, 2.24) is 5.32 Å². The first kappa shape index (κ1) is 12.5. The first-order chi connectivity index (χ1) is 7.58. The summed E-state index contributed by atoms with van der Waals surface area (Å²) in [5, 5.41) is 11.8. The number of nitriles is 1. The largest absolute Gasteiger partial charge is 0.496 e. The van der Waals surface area contributed by atoms with Gasteiger partial charge in [-0.15, -0.1) is 0 Å². The van der Waals surface area contributed by atoms with Gasteiger partial charge in [-0.3, -0.25) is 5.32 Å². The van der Waals surface area contributed by atoms with Gasteiger partial charge in [0, 0.05) is 12.1 Å². The van der Waals surface area contributed by atoms with Crippen molar-refractivity contribution in [2.45, 2.75) is 33.4 Å². The fourth-order valence-corrected chi connectivity index (χ4v) is 1.77. The standard InChI is InChI=1S/C13H18N2O/c1-9-5-10(2)13(16-4)12(6-9)8-15-11(3)7-14/h5-6,11,15H,8H2,1-4H3. The lowest BCUT2D eigenvalue weighted by atomic mass is 10.1. The van der Waals surface area contributed by atoms with Gasteiger partial charge >= 0.3 is 0 Å². The molecule has 0 bridgehead atoms. The van der Waals surface area contributed by atoms with Gasteiger partial charge in [0.25, 0.3) is 0 Å². The van der Waals surface area contributed by atoms with Crippen LogP contribution in [0.15, 0.2) is 12.1 Å². The van der Waals surface area contributed by atoms with Crippen LogP contribution in [-0.2, 0) is 6.54 Å². The molecule has 0 amide bonds. The summed E-state index contributed by atoms with van der Waals surface area (Å²) in [7, 11) is 1.68. The van der Waals surface area contributed by atoms with E-state index >= 15 is 0 Å². The SMILES string of the molecule is COc1c(C)cc(C)cc1CNC(C)C#N. The molecule has 1 aromatic rings. The predicted octanol–water partition coefficient (Wildman–Crippen LogP) is 2.31. The summed E-state index contributed by atoms with van der Waals surface area (Å²) in [6.07, 6.45) is 0. The Bertz CT molecular complexity index is 407. The molecule has 1 aromatic carbocycles. The maximum atomic E-state index is 8.70. The van der Waals surface area contributed by atoms with Gasteiger partial charge < -0.3 is 4.74 Å². The molecule has 0 heterocycles. The van der Waals surface area contributed by atoms with Crippen molar-refractivity contribution in [3.05, 3.63) is 28.8 Å². The Kier molecular flexibility index (Phi) is 4.33. The number of nitrogens with one attached hydrogen (secondary N) is 1. The Morgan fingerprint density at radius 2 is 2.12 bits per heavy atom. The van der Waals surface area contributed by atoms with E-state index in [0.29, 0.717) is 6.54 Å². The third kappa shape index (κ3) is 2.98. The number of hydrogen-bond acceptors (Lipinski definition) is 3. The zero-order valence-corrected chi connectivity index (χ0v) is 10.3. The van der Waals surface area contributed by atoms with Crippen LogP contribution in [0.4, 0.5) is 0 Å². The third-order valence-electron chi connectivity index (χ3n) is 2.49. The van der Waals surface area contributed by atoms with Gasteiger partial charge in [0.15, 0.2) is 0 Å². The number of methoxy groups -OCH3 is 1. The first-order valence-electron chi connectivity index (χ1n) is 5.35. The molecular formula is C13H18N2O. The smallest absolute Gasteiger partial charge is 0.126 e. The van der Waals surface area contributed by atoms with E-state index in [9.17, 15) is 0 Å². The molecule has 0 saturated carbocycles. The van der Waals surface area contributed by atoms with Gasteiger partial charge in [-0.05, 0) is 26.3 Å². The summed E-state index contributed by atoms with van der Waals surface area (Å²) in [4.78, 5) is 0. The van der Waals surface area contributed by atoms with Crippen molar-refractivity contribution >= 4 is 0 Å². The Morgan fingerprint density at radius 3 is 2.69 bits per heavy atom. The topological polar surface area (TPSA) is 45.0 Å². The zero-order valence-electron chi connectivity index (χ0n) is 10.3. The van der Waals surface area contributed by atoms with Gasteiger partial charge in [0.05, 0.1) is 19.2 Å². The van der Waals surface area contributed by atoms with Gasteiger partial charge in [-0.25, -0.2) is 0 Å². The highest BCUT2D eigenvalue weighted by Gasteiger charge is 2.08. The van der Waals surface area contributed by atoms with E-state index in [2.05, 4.69) is 30.4 Å². The molecule has 1 rings (SSSR count). The Labute approximate surface area is 97.0 Å². The van der Waals surface area contributed by atoms with Gasteiger partial charge in [-0.1, -0.05) is 17.7 Å². The minimum absolute atomic E-state index is 0.148. The summed E-state index contributed by atoms with van der Waals surface area (Å²) in [5.74, 6) is 0.906. The quantitative estimate of drug-likeness (QED) is 0.843. The van der Waals surface area contributed by atoms with Crippen molar-refractivity contribution in [2.75, 3.05) is 7.11 Å². The van der Waals surface area contributed by atoms with Gasteiger partial charge in [0.2, 0.25) is 0 Å². The van der Waals surface area contributed by atoms with Crippen LogP contribution in [0.1, 0.15) is 23.6 Å². The highest BCUT2D eigenvalue weighted by atomic mass is 16.5. The van der Waals surface area contributed by atoms with Gasteiger partial charge in [-0.2, -0.15) is 5.26 Å². The highest BCUT2D eigenvalue weighted by Crippen LogP contribution is 2.24. The maximum Gasteiger partial charge on any atom is 0.126 e. The summed E-state index contributed by atoms with van der Waals surface area (Å²) in [5.41, 5.74) is 3.44. The molecule has 86 valence electrons. The van der Waals surface area contributed by atoms with Crippen molar-refractivity contribution in [3.63, 3.8) is 0 Å². The molecule has 0 aliphatic carbocycles. The van der Waals surface area contributed by atoms with Crippen molar-refractivity contribution in [3.8, 4) is 11.8 Å². The van der Waals surface area contributed by atoms with Gasteiger partial charge in [0.1, 0.15) is 5.75 Å². The van der Waals surface area contributed by atoms with Crippen LogP contribution in [0.5, 0.6) is 5.75 Å². The number of aryl methyl sites for hydroxylation is 2. The average Bonchev–Trinajstić information content (AvgIpc) is 2.25. The zero-order chi connectivity index (χ0) is 12.1. The average molecular weight is 218 g/mol. The molecule has 3 heteroatoms. The Hall–Kier alpha value is -1.53. The molecule has 0 aromatic heterocycles. The fraction of sp³-hybridized carbons (Fsp3) is 0.462. The lowest BCUT2D eigenvalue weighted by molar-refractivity contribution is 0.404. The van der Waals surface area contributed by atoms with E-state index in [-0.39, 0.29) is 6.04 Å². The van der Waals surface area contributed by atoms with E-state index in [4.69, 9.17) is 10.00 Å². The van der Waals surface area contributed by atoms with Crippen molar-refractivity contribution in [1.29, 1.82) is 5.26 Å². The maximum absolute atomic E-state index is 8.70. The highest BCUT2D eigenvalue weighted by molar-refractivity contribution is 5.43. The minimum Gasteiger partial charge on any atom is -0.496 e. The van der Waals surface area contributed by atoms with E-state index in [0.717, 1.165) is 16.9 Å². The van der Waals surface area contributed by atoms with Crippen LogP contribution in [0.2, 0.25) is 0 Å². The molecule has 0 spiro atoms. The second kappa shape index (κ2) is 5.53.